The summed E-state index contributed by atoms with van der Waals surface area (Å²) >= 11 is 0. The molecule has 5 heterocycles. The Morgan fingerprint density at radius 1 is 1.05 bits per heavy atom. The molecule has 1 aromatic carbocycles. The lowest BCUT2D eigenvalue weighted by molar-refractivity contribution is 0.0285. The number of pyridine rings is 1. The van der Waals surface area contributed by atoms with E-state index in [1.165, 1.54) is 0 Å². The van der Waals surface area contributed by atoms with Crippen molar-refractivity contribution < 1.29 is 23.2 Å². The van der Waals surface area contributed by atoms with E-state index in [1.54, 1.807) is 46.3 Å². The molecule has 0 radical (unpaired) electrons. The molecule has 10 heteroatoms. The van der Waals surface area contributed by atoms with Crippen LogP contribution in [0.1, 0.15) is 40.8 Å². The largest absolute Gasteiger partial charge is 0.463 e. The molecule has 10 nitrogen and oxygen atoms in total. The molecule has 37 heavy (non-hydrogen) atoms. The minimum Gasteiger partial charge on any atom is -0.463 e. The van der Waals surface area contributed by atoms with Crippen molar-refractivity contribution in [2.24, 2.45) is 0 Å². The summed E-state index contributed by atoms with van der Waals surface area (Å²) in [5.41, 5.74) is 2.27. The molecule has 0 saturated carbocycles. The maximum Gasteiger partial charge on any atom is 0.291 e. The number of amides is 2. The molecule has 0 unspecified atom stereocenters. The average molecular weight is 500 g/mol. The van der Waals surface area contributed by atoms with Crippen LogP contribution >= 0.6 is 0 Å². The number of morpholine rings is 1. The second-order valence-electron chi connectivity index (χ2n) is 9.11. The van der Waals surface area contributed by atoms with Crippen molar-refractivity contribution in [3.05, 3.63) is 66.2 Å². The topological polar surface area (TPSA) is 116 Å². The van der Waals surface area contributed by atoms with Crippen LogP contribution in [-0.2, 0) is 4.74 Å². The number of para-hydroxylation sites is 1. The first-order chi connectivity index (χ1) is 18.0. The maximum absolute atomic E-state index is 13.8. The standard InChI is InChI=1S/C27H25N5O5/c1-16(2)32-25-19(15-28-32)18(14-20(29-25)22-8-5-11-36-22)26(33)30-23-17-6-3-4-7-21(17)37-24(23)27(34)31-9-12-35-13-10-31/h3-8,11,14-16H,9-10,12-13H2,1-2H3,(H,30,33). The number of carbonyl (C=O) groups is 2. The van der Waals surface area contributed by atoms with Gasteiger partial charge in [-0.05, 0) is 44.2 Å². The quantitative estimate of drug-likeness (QED) is 0.371. The van der Waals surface area contributed by atoms with Gasteiger partial charge in [-0.15, -0.1) is 0 Å². The van der Waals surface area contributed by atoms with Crippen molar-refractivity contribution >= 4 is 39.5 Å². The Morgan fingerprint density at radius 3 is 2.62 bits per heavy atom. The van der Waals surface area contributed by atoms with Gasteiger partial charge in [-0.3, -0.25) is 9.59 Å². The van der Waals surface area contributed by atoms with Gasteiger partial charge in [-0.2, -0.15) is 5.10 Å². The summed E-state index contributed by atoms with van der Waals surface area (Å²) in [6, 6.07) is 12.5. The first-order valence-corrected chi connectivity index (χ1v) is 12.1. The lowest BCUT2D eigenvalue weighted by atomic mass is 10.1. The SMILES string of the molecule is CC(C)n1ncc2c(C(=O)Nc3c(C(=O)N4CCOCC4)oc4ccccc34)cc(-c3ccco3)nc21. The number of furan rings is 2. The van der Waals surface area contributed by atoms with Gasteiger partial charge in [0.15, 0.2) is 11.4 Å². The number of carbonyl (C=O) groups excluding carboxylic acids is 2. The maximum atomic E-state index is 13.8. The number of aromatic nitrogens is 3. The Morgan fingerprint density at radius 2 is 1.86 bits per heavy atom. The van der Waals surface area contributed by atoms with Gasteiger partial charge in [0.1, 0.15) is 17.0 Å². The van der Waals surface area contributed by atoms with Gasteiger partial charge >= 0.3 is 0 Å². The van der Waals surface area contributed by atoms with Crippen molar-refractivity contribution in [1.82, 2.24) is 19.7 Å². The fourth-order valence-electron chi connectivity index (χ4n) is 4.55. The molecule has 1 saturated heterocycles. The van der Waals surface area contributed by atoms with Gasteiger partial charge < -0.3 is 23.8 Å². The first-order valence-electron chi connectivity index (χ1n) is 12.1. The highest BCUT2D eigenvalue weighted by Crippen LogP contribution is 2.34. The molecule has 0 bridgehead atoms. The van der Waals surface area contributed by atoms with E-state index in [-0.39, 0.29) is 17.7 Å². The number of anilines is 1. The molecular weight excluding hydrogens is 474 g/mol. The molecule has 4 aromatic heterocycles. The van der Waals surface area contributed by atoms with Gasteiger partial charge in [0.2, 0.25) is 5.76 Å². The third kappa shape index (κ3) is 4.05. The molecule has 6 rings (SSSR count). The van der Waals surface area contributed by atoms with E-state index in [9.17, 15) is 9.59 Å². The summed E-state index contributed by atoms with van der Waals surface area (Å²) < 4.78 is 18.7. The number of benzene rings is 1. The van der Waals surface area contributed by atoms with Gasteiger partial charge in [0.25, 0.3) is 11.8 Å². The molecule has 0 spiro atoms. The van der Waals surface area contributed by atoms with Crippen LogP contribution in [0.25, 0.3) is 33.5 Å². The predicted octanol–water partition coefficient (Wildman–Crippen LogP) is 4.74. The van der Waals surface area contributed by atoms with Crippen molar-refractivity contribution in [3.8, 4) is 11.5 Å². The fourth-order valence-corrected chi connectivity index (χ4v) is 4.55. The van der Waals surface area contributed by atoms with Crippen molar-refractivity contribution in [1.29, 1.82) is 0 Å². The normalized spacial score (nSPS) is 14.1. The molecule has 1 fully saturated rings. The summed E-state index contributed by atoms with van der Waals surface area (Å²) in [6.07, 6.45) is 3.19. The van der Waals surface area contributed by atoms with E-state index in [1.807, 2.05) is 32.0 Å². The summed E-state index contributed by atoms with van der Waals surface area (Å²) in [7, 11) is 0. The predicted molar refractivity (Wildman–Crippen MR) is 137 cm³/mol. The summed E-state index contributed by atoms with van der Waals surface area (Å²) in [4.78, 5) is 33.6. The van der Waals surface area contributed by atoms with Crippen LogP contribution in [0.4, 0.5) is 5.69 Å². The van der Waals surface area contributed by atoms with E-state index in [0.29, 0.717) is 71.0 Å². The molecule has 2 amide bonds. The molecule has 0 aliphatic carbocycles. The van der Waals surface area contributed by atoms with Crippen LogP contribution in [0, 0.1) is 0 Å². The van der Waals surface area contributed by atoms with Crippen LogP contribution in [0.5, 0.6) is 0 Å². The van der Waals surface area contributed by atoms with Crippen LogP contribution in [0.2, 0.25) is 0 Å². The van der Waals surface area contributed by atoms with E-state index in [4.69, 9.17) is 18.6 Å². The minimum atomic E-state index is -0.411. The van der Waals surface area contributed by atoms with Crippen LogP contribution in [0.3, 0.4) is 0 Å². The van der Waals surface area contributed by atoms with E-state index < -0.39 is 5.91 Å². The van der Waals surface area contributed by atoms with Crippen LogP contribution in [-0.4, -0.2) is 57.8 Å². The highest BCUT2D eigenvalue weighted by Gasteiger charge is 2.29. The zero-order valence-corrected chi connectivity index (χ0v) is 20.4. The molecule has 5 aromatic rings. The third-order valence-electron chi connectivity index (χ3n) is 6.40. The van der Waals surface area contributed by atoms with Crippen LogP contribution in [0.15, 0.2) is 63.8 Å². The van der Waals surface area contributed by atoms with Crippen molar-refractivity contribution in [2.45, 2.75) is 19.9 Å². The summed E-state index contributed by atoms with van der Waals surface area (Å²) in [6.45, 7) is 5.81. The molecule has 188 valence electrons. The Balaban J connectivity index is 1.45. The number of hydrogen-bond acceptors (Lipinski definition) is 7. The first kappa shape index (κ1) is 23.0. The van der Waals surface area contributed by atoms with Gasteiger partial charge in [0.05, 0.1) is 36.6 Å². The smallest absolute Gasteiger partial charge is 0.291 e. The Bertz CT molecular complexity index is 1610. The Kier molecular flexibility index (Phi) is 5.72. The molecule has 1 aliphatic rings. The average Bonchev–Trinajstić information content (AvgIpc) is 3.67. The lowest BCUT2D eigenvalue weighted by Crippen LogP contribution is -2.40. The zero-order valence-electron chi connectivity index (χ0n) is 20.4. The number of nitrogens with zero attached hydrogens (tertiary/aromatic N) is 4. The van der Waals surface area contributed by atoms with E-state index >= 15 is 0 Å². The molecular formula is C27H25N5O5. The van der Waals surface area contributed by atoms with Gasteiger partial charge in [-0.25, -0.2) is 9.67 Å². The zero-order chi connectivity index (χ0) is 25.5. The summed E-state index contributed by atoms with van der Waals surface area (Å²) in [5, 5.41) is 8.67. The fraction of sp³-hybridized carbons (Fsp3) is 0.259. The number of nitrogens with one attached hydrogen (secondary N) is 1. The lowest BCUT2D eigenvalue weighted by Gasteiger charge is -2.26. The van der Waals surface area contributed by atoms with Crippen LogP contribution < -0.4 is 5.32 Å². The highest BCUT2D eigenvalue weighted by atomic mass is 16.5. The number of hydrogen-bond donors (Lipinski definition) is 1. The number of fused-ring (bicyclic) bond motifs is 2. The Labute approximate surface area is 211 Å². The molecule has 1 aliphatic heterocycles. The highest BCUT2D eigenvalue weighted by molar-refractivity contribution is 6.18. The van der Waals surface area contributed by atoms with Crippen molar-refractivity contribution in [3.63, 3.8) is 0 Å². The molecule has 1 N–H and O–H groups in total. The second kappa shape index (κ2) is 9.21. The van der Waals surface area contributed by atoms with E-state index in [0.717, 1.165) is 0 Å². The van der Waals surface area contributed by atoms with E-state index in [2.05, 4.69) is 10.4 Å². The summed E-state index contributed by atoms with van der Waals surface area (Å²) in [5.74, 6) is -0.0834. The monoisotopic (exact) mass is 499 g/mol. The van der Waals surface area contributed by atoms with Crippen molar-refractivity contribution in [2.75, 3.05) is 31.6 Å². The second-order valence-corrected chi connectivity index (χ2v) is 9.11. The van der Waals surface area contributed by atoms with Gasteiger partial charge in [0, 0.05) is 24.5 Å². The minimum absolute atomic E-state index is 0.0309. The number of rotatable bonds is 5. The molecule has 0 atom stereocenters. The third-order valence-corrected chi connectivity index (χ3v) is 6.40. The Hall–Kier alpha value is -4.44. The number of ether oxygens (including phenoxy) is 1. The van der Waals surface area contributed by atoms with Gasteiger partial charge in [-0.1, -0.05) is 12.1 Å².